The molecule has 0 unspecified atom stereocenters. The second-order valence-electron chi connectivity index (χ2n) is 15.5. The molecule has 0 spiro atoms. The second kappa shape index (κ2) is 29.2. The molecule has 1 radical (unpaired) electrons. The van der Waals surface area contributed by atoms with E-state index >= 15 is 0 Å². The van der Waals surface area contributed by atoms with Crippen LogP contribution in [0.25, 0.3) is 5.32 Å². The van der Waals surface area contributed by atoms with Gasteiger partial charge in [0.1, 0.15) is 55.1 Å². The molecule has 0 saturated carbocycles. The van der Waals surface area contributed by atoms with Crippen molar-refractivity contribution in [1.29, 1.82) is 0 Å². The molecule has 10 rings (SSSR count). The van der Waals surface area contributed by atoms with Crippen LogP contribution in [0, 0.1) is 30.7 Å². The van der Waals surface area contributed by atoms with Crippen LogP contribution in [0.4, 0.5) is 28.9 Å². The molecule has 10 aromatic carbocycles. The molecule has 0 N–H and O–H groups in total. The molecule has 1 nitrogen and oxygen atoms in total. The first-order valence-corrected chi connectivity index (χ1v) is 25.2. The van der Waals surface area contributed by atoms with Gasteiger partial charge in [-0.3, -0.25) is 0 Å². The number of hydrogen-bond acceptors (Lipinski definition) is 0. The summed E-state index contributed by atoms with van der Waals surface area (Å²) in [4.78, 5) is 0. The van der Waals surface area contributed by atoms with Crippen molar-refractivity contribution in [2.75, 3.05) is 0 Å². The quantitative estimate of drug-likeness (QED) is 0.0561. The fourth-order valence-electron chi connectivity index (χ4n) is 7.40. The van der Waals surface area contributed by atoms with Gasteiger partial charge >= 0.3 is 17.1 Å². The summed E-state index contributed by atoms with van der Waals surface area (Å²) in [7, 11) is -1.75. The minimum absolute atomic E-state index is 0. The number of rotatable bonds is 10. The molecular formula is C62H53CuF4NP2+2. The van der Waals surface area contributed by atoms with Crippen LogP contribution in [-0.4, -0.2) is 0 Å². The predicted octanol–water partition coefficient (Wildman–Crippen LogP) is 14.7. The summed E-state index contributed by atoms with van der Waals surface area (Å²) < 4.78 is 51.4. The fraction of sp³-hybridized carbons (Fsp3) is 0.0161. The number of halogens is 4. The van der Waals surface area contributed by atoms with Crippen LogP contribution in [0.1, 0.15) is 11.1 Å². The maximum absolute atomic E-state index is 12.9. The molecule has 8 heteroatoms. The van der Waals surface area contributed by atoms with Crippen molar-refractivity contribution in [3.05, 3.63) is 326 Å². The third-order valence-corrected chi connectivity index (χ3v) is 15.9. The first-order chi connectivity index (χ1) is 33.4. The zero-order chi connectivity index (χ0) is 47.2. The summed E-state index contributed by atoms with van der Waals surface area (Å²) >= 11 is 0. The average molecular weight is 1010 g/mol. The summed E-state index contributed by atoms with van der Waals surface area (Å²) in [5, 5.41) is 12.7. The molecule has 0 bridgehead atoms. The smallest absolute Gasteiger partial charge is 0.658 e. The molecule has 0 heterocycles. The summed E-state index contributed by atoms with van der Waals surface area (Å²) in [5.41, 5.74) is 2.64. The Bertz CT molecular complexity index is 2530. The van der Waals surface area contributed by atoms with Gasteiger partial charge < -0.3 is 12.7 Å². The SMILES string of the molecule is Fc1cccc(Cc2cccc(F)c2)c1.Fc1cccc([N-]c2cccc(F)c2)c1.[CH3-].[Cu+2].c1ccc([PH+](c2ccccc2)c2ccccc2)cc1.c1ccc([PH+](c2ccccc2)c2ccccc2)cc1. The van der Waals surface area contributed by atoms with Crippen molar-refractivity contribution >= 4 is 59.0 Å². The molecule has 0 aliphatic heterocycles. The molecular weight excluding hydrogens is 960 g/mol. The molecule has 0 saturated heterocycles. The maximum atomic E-state index is 12.9. The molecule has 0 fully saturated rings. The summed E-state index contributed by atoms with van der Waals surface area (Å²) in [5.74, 6) is -1.23. The largest absolute Gasteiger partial charge is 2.00 e. The van der Waals surface area contributed by atoms with Crippen LogP contribution < -0.4 is 31.8 Å². The Morgan fingerprint density at radius 2 is 0.500 bits per heavy atom. The van der Waals surface area contributed by atoms with Gasteiger partial charge in [-0.1, -0.05) is 158 Å². The Labute approximate surface area is 424 Å². The van der Waals surface area contributed by atoms with Crippen LogP contribution >= 0.6 is 15.8 Å². The van der Waals surface area contributed by atoms with Gasteiger partial charge in [-0.25, -0.2) is 17.6 Å². The zero-order valence-corrected chi connectivity index (χ0v) is 41.5. The topological polar surface area (TPSA) is 14.1 Å². The Hall–Kier alpha value is -6.90. The Morgan fingerprint density at radius 3 is 0.729 bits per heavy atom. The van der Waals surface area contributed by atoms with Crippen molar-refractivity contribution in [3.63, 3.8) is 0 Å². The van der Waals surface area contributed by atoms with E-state index in [0.717, 1.165) is 11.1 Å². The van der Waals surface area contributed by atoms with E-state index < -0.39 is 15.8 Å². The van der Waals surface area contributed by atoms with E-state index in [4.69, 9.17) is 0 Å². The molecule has 0 aliphatic rings. The fourth-order valence-corrected chi connectivity index (χ4v) is 12.6. The predicted molar refractivity (Wildman–Crippen MR) is 291 cm³/mol. The van der Waals surface area contributed by atoms with Crippen LogP contribution in [0.5, 0.6) is 0 Å². The van der Waals surface area contributed by atoms with Gasteiger partial charge in [0.05, 0.1) is 15.8 Å². The minimum atomic E-state index is -0.877. The van der Waals surface area contributed by atoms with Gasteiger partial charge in [-0.05, 0) is 139 Å². The van der Waals surface area contributed by atoms with Gasteiger partial charge in [0.2, 0.25) is 0 Å². The van der Waals surface area contributed by atoms with E-state index in [-0.39, 0.29) is 47.8 Å². The number of benzene rings is 10. The van der Waals surface area contributed by atoms with Crippen molar-refractivity contribution in [3.8, 4) is 0 Å². The standard InChI is InChI=1S/2C18H15P.C13H10F2.C12H8F2N.CH3.Cu/c2*1-4-10-16(11-5-1)19(17-12-6-2-7-13-17)18-14-8-3-9-15-18;14-12-5-1-3-10(8-12)7-11-4-2-6-13(15)9-11;13-9-3-1-5-11(7-9)15-12-6-2-4-10(14)8-12;;/h2*1-15H;1-6,8-9H,7H2;1-8H;1H3;/q;;;2*-1;+2/p+2. The summed E-state index contributed by atoms with van der Waals surface area (Å²) in [6.07, 6.45) is 0.551. The first kappa shape index (κ1) is 54.0. The Balaban J connectivity index is 0.000000173. The van der Waals surface area contributed by atoms with Gasteiger partial charge in [0.25, 0.3) is 0 Å². The van der Waals surface area contributed by atoms with Gasteiger partial charge in [-0.2, -0.15) is 0 Å². The van der Waals surface area contributed by atoms with E-state index in [9.17, 15) is 17.6 Å². The van der Waals surface area contributed by atoms with Crippen LogP contribution in [0.3, 0.4) is 0 Å². The van der Waals surface area contributed by atoms with Crippen molar-refractivity contribution in [1.82, 2.24) is 0 Å². The minimum Gasteiger partial charge on any atom is -0.658 e. The summed E-state index contributed by atoms with van der Waals surface area (Å²) in [6.45, 7) is 0. The van der Waals surface area contributed by atoms with Crippen molar-refractivity contribution in [2.45, 2.75) is 6.42 Å². The second-order valence-corrected chi connectivity index (χ2v) is 20.4. The van der Waals surface area contributed by atoms with E-state index in [1.165, 1.54) is 80.4 Å². The summed E-state index contributed by atoms with van der Waals surface area (Å²) in [6, 6.07) is 89.4. The third kappa shape index (κ3) is 17.3. The van der Waals surface area contributed by atoms with Gasteiger partial charge in [-0.15, -0.1) is 11.4 Å². The van der Waals surface area contributed by atoms with E-state index in [0.29, 0.717) is 17.8 Å². The normalized spacial score (nSPS) is 10.1. The van der Waals surface area contributed by atoms with Crippen LogP contribution in [-0.2, 0) is 23.5 Å². The molecule has 0 aromatic heterocycles. The van der Waals surface area contributed by atoms with E-state index in [2.05, 4.69) is 187 Å². The van der Waals surface area contributed by atoms with Crippen LogP contribution in [0.15, 0.2) is 279 Å². The average Bonchev–Trinajstić information content (AvgIpc) is 3.37. The molecule has 0 amide bonds. The van der Waals surface area contributed by atoms with Crippen molar-refractivity contribution < 1.29 is 34.6 Å². The Morgan fingerprint density at radius 1 is 0.271 bits per heavy atom. The van der Waals surface area contributed by atoms with Gasteiger partial charge in [0.15, 0.2) is 0 Å². The van der Waals surface area contributed by atoms with Crippen LogP contribution in [0.2, 0.25) is 0 Å². The number of nitrogens with zero attached hydrogens (tertiary/aromatic N) is 1. The van der Waals surface area contributed by atoms with E-state index in [1.807, 2.05) is 12.1 Å². The van der Waals surface area contributed by atoms with Crippen molar-refractivity contribution in [2.24, 2.45) is 0 Å². The third-order valence-electron chi connectivity index (χ3n) is 10.4. The van der Waals surface area contributed by atoms with Gasteiger partial charge in [0, 0.05) is 0 Å². The zero-order valence-electron chi connectivity index (χ0n) is 38.5. The molecule has 353 valence electrons. The molecule has 10 aromatic rings. The maximum Gasteiger partial charge on any atom is 2.00 e. The first-order valence-electron chi connectivity index (χ1n) is 22.2. The molecule has 0 atom stereocenters. The molecule has 0 aliphatic carbocycles. The van der Waals surface area contributed by atoms with E-state index in [1.54, 1.807) is 36.4 Å². The molecule has 70 heavy (non-hydrogen) atoms. The monoisotopic (exact) mass is 1010 g/mol. The number of hydrogen-bond donors (Lipinski definition) is 0. The Kier molecular flexibility index (Phi) is 22.5.